The lowest BCUT2D eigenvalue weighted by Crippen LogP contribution is -2.18. The highest BCUT2D eigenvalue weighted by molar-refractivity contribution is 7.94. The van der Waals surface area contributed by atoms with Crippen LogP contribution in [0.15, 0.2) is 28.5 Å². The SMILES string of the molecule is O=C(O)c1cc2c(cc1NS(=O)(=O)c1ccc(Cl)s1)OCCO2. The Bertz CT molecular complexity index is 877. The molecular weight excluding hydrogens is 366 g/mol. The van der Waals surface area contributed by atoms with Crippen molar-refractivity contribution in [3.8, 4) is 11.5 Å². The Morgan fingerprint density at radius 1 is 1.22 bits per heavy atom. The summed E-state index contributed by atoms with van der Waals surface area (Å²) in [4.78, 5) is 11.4. The highest BCUT2D eigenvalue weighted by Gasteiger charge is 2.24. The molecule has 2 heterocycles. The molecule has 1 aliphatic rings. The van der Waals surface area contributed by atoms with Crippen molar-refractivity contribution >= 4 is 44.6 Å². The number of rotatable bonds is 4. The van der Waals surface area contributed by atoms with Gasteiger partial charge in [0.25, 0.3) is 10.0 Å². The lowest BCUT2D eigenvalue weighted by molar-refractivity contribution is 0.0697. The van der Waals surface area contributed by atoms with Crippen LogP contribution in [0.5, 0.6) is 11.5 Å². The molecule has 0 saturated heterocycles. The molecule has 7 nitrogen and oxygen atoms in total. The van der Waals surface area contributed by atoms with E-state index < -0.39 is 16.0 Å². The van der Waals surface area contributed by atoms with E-state index in [4.69, 9.17) is 21.1 Å². The van der Waals surface area contributed by atoms with Gasteiger partial charge < -0.3 is 14.6 Å². The maximum Gasteiger partial charge on any atom is 0.337 e. The average molecular weight is 376 g/mol. The second kappa shape index (κ2) is 5.91. The number of halogens is 1. The van der Waals surface area contributed by atoms with Gasteiger partial charge in [-0.3, -0.25) is 4.72 Å². The number of carboxylic acids is 1. The molecule has 0 unspecified atom stereocenters. The lowest BCUT2D eigenvalue weighted by Gasteiger charge is -2.20. The minimum Gasteiger partial charge on any atom is -0.486 e. The molecule has 0 fully saturated rings. The third-order valence-corrected chi connectivity index (χ3v) is 6.06. The van der Waals surface area contributed by atoms with Crippen molar-refractivity contribution in [2.45, 2.75) is 4.21 Å². The Balaban J connectivity index is 2.03. The fourth-order valence-electron chi connectivity index (χ4n) is 1.99. The highest BCUT2D eigenvalue weighted by atomic mass is 35.5. The summed E-state index contributed by atoms with van der Waals surface area (Å²) < 4.78 is 37.9. The molecule has 1 aliphatic heterocycles. The number of hydrogen-bond acceptors (Lipinski definition) is 6. The molecule has 122 valence electrons. The Morgan fingerprint density at radius 2 is 1.87 bits per heavy atom. The number of aromatic carboxylic acids is 1. The van der Waals surface area contributed by atoms with Crippen molar-refractivity contribution in [2.75, 3.05) is 17.9 Å². The summed E-state index contributed by atoms with van der Waals surface area (Å²) in [6.07, 6.45) is 0. The number of anilines is 1. The van der Waals surface area contributed by atoms with Gasteiger partial charge in [-0.25, -0.2) is 13.2 Å². The minimum absolute atomic E-state index is 0.0197. The first kappa shape index (κ1) is 15.9. The van der Waals surface area contributed by atoms with E-state index >= 15 is 0 Å². The number of carbonyl (C=O) groups is 1. The zero-order valence-electron chi connectivity index (χ0n) is 11.4. The van der Waals surface area contributed by atoms with E-state index in [1.54, 1.807) is 0 Å². The first-order valence-corrected chi connectivity index (χ1v) is 9.00. The molecule has 0 spiro atoms. The smallest absolute Gasteiger partial charge is 0.337 e. The molecule has 1 aromatic carbocycles. The lowest BCUT2D eigenvalue weighted by atomic mass is 10.1. The third kappa shape index (κ3) is 3.21. The van der Waals surface area contributed by atoms with E-state index in [9.17, 15) is 18.3 Å². The van der Waals surface area contributed by atoms with Crippen molar-refractivity contribution in [1.29, 1.82) is 0 Å². The van der Waals surface area contributed by atoms with Crippen LogP contribution in [-0.4, -0.2) is 32.7 Å². The summed E-state index contributed by atoms with van der Waals surface area (Å²) in [6.45, 7) is 0.594. The van der Waals surface area contributed by atoms with Crippen LogP contribution >= 0.6 is 22.9 Å². The number of nitrogens with one attached hydrogen (secondary N) is 1. The summed E-state index contributed by atoms with van der Waals surface area (Å²) >= 11 is 6.61. The van der Waals surface area contributed by atoms with Gasteiger partial charge in [-0.05, 0) is 12.1 Å². The van der Waals surface area contributed by atoms with Crippen LogP contribution in [0, 0.1) is 0 Å². The molecular formula is C13H10ClNO6S2. The first-order chi connectivity index (χ1) is 10.9. The van der Waals surface area contributed by atoms with Crippen molar-refractivity contribution < 1.29 is 27.8 Å². The summed E-state index contributed by atoms with van der Waals surface area (Å²) in [5, 5.41) is 9.29. The van der Waals surface area contributed by atoms with Crippen LogP contribution in [0.3, 0.4) is 0 Å². The summed E-state index contributed by atoms with van der Waals surface area (Å²) in [7, 11) is -3.95. The van der Waals surface area contributed by atoms with Gasteiger partial charge in [-0.1, -0.05) is 11.6 Å². The van der Waals surface area contributed by atoms with Gasteiger partial charge in [0.2, 0.25) is 0 Å². The third-order valence-electron chi connectivity index (χ3n) is 2.97. The zero-order valence-corrected chi connectivity index (χ0v) is 13.8. The zero-order chi connectivity index (χ0) is 16.6. The van der Waals surface area contributed by atoms with Crippen LogP contribution in [-0.2, 0) is 10.0 Å². The van der Waals surface area contributed by atoms with E-state index in [1.165, 1.54) is 24.3 Å². The average Bonchev–Trinajstić information content (AvgIpc) is 2.93. The van der Waals surface area contributed by atoms with Gasteiger partial charge in [-0.15, -0.1) is 11.3 Å². The van der Waals surface area contributed by atoms with E-state index in [0.29, 0.717) is 17.6 Å². The van der Waals surface area contributed by atoms with Crippen molar-refractivity contribution in [1.82, 2.24) is 0 Å². The molecule has 23 heavy (non-hydrogen) atoms. The first-order valence-electron chi connectivity index (χ1n) is 6.32. The quantitative estimate of drug-likeness (QED) is 0.851. The van der Waals surface area contributed by atoms with Crippen molar-refractivity contribution in [3.05, 3.63) is 34.2 Å². The Morgan fingerprint density at radius 3 is 2.43 bits per heavy atom. The molecule has 10 heteroatoms. The van der Waals surface area contributed by atoms with Crippen molar-refractivity contribution in [3.63, 3.8) is 0 Å². The van der Waals surface area contributed by atoms with Gasteiger partial charge in [0.1, 0.15) is 17.4 Å². The molecule has 2 aromatic rings. The topological polar surface area (TPSA) is 102 Å². The van der Waals surface area contributed by atoms with E-state index in [0.717, 1.165) is 11.3 Å². The van der Waals surface area contributed by atoms with E-state index in [1.807, 2.05) is 0 Å². The normalized spacial score (nSPS) is 13.6. The van der Waals surface area contributed by atoms with Gasteiger partial charge in [0, 0.05) is 12.1 Å². The Hall–Kier alpha value is -1.97. The van der Waals surface area contributed by atoms with Gasteiger partial charge >= 0.3 is 5.97 Å². The number of benzene rings is 1. The fourth-order valence-corrected chi connectivity index (χ4v) is 4.54. The van der Waals surface area contributed by atoms with Crippen LogP contribution in [0.1, 0.15) is 10.4 Å². The number of thiophene rings is 1. The number of hydrogen-bond donors (Lipinski definition) is 2. The maximum atomic E-state index is 12.3. The van der Waals surface area contributed by atoms with E-state index in [-0.39, 0.29) is 27.0 Å². The second-order valence-electron chi connectivity index (χ2n) is 4.51. The molecule has 0 atom stereocenters. The van der Waals surface area contributed by atoms with Gasteiger partial charge in [-0.2, -0.15) is 0 Å². The molecule has 0 aliphatic carbocycles. The van der Waals surface area contributed by atoms with Crippen LogP contribution in [0.4, 0.5) is 5.69 Å². The van der Waals surface area contributed by atoms with Crippen LogP contribution < -0.4 is 14.2 Å². The predicted molar refractivity (Wildman–Crippen MR) is 84.5 cm³/mol. The summed E-state index contributed by atoms with van der Waals surface area (Å²) in [5.41, 5.74) is -0.341. The maximum absolute atomic E-state index is 12.3. The Labute approximate surface area is 140 Å². The number of carboxylic acid groups (broad SMARTS) is 1. The second-order valence-corrected chi connectivity index (χ2v) is 8.13. The number of sulfonamides is 1. The van der Waals surface area contributed by atoms with Gasteiger partial charge in [0.05, 0.1) is 15.6 Å². The van der Waals surface area contributed by atoms with Crippen LogP contribution in [0.25, 0.3) is 0 Å². The van der Waals surface area contributed by atoms with Crippen molar-refractivity contribution in [2.24, 2.45) is 0 Å². The van der Waals surface area contributed by atoms with Gasteiger partial charge in [0.15, 0.2) is 11.5 Å². The number of fused-ring (bicyclic) bond motifs is 1. The number of ether oxygens (including phenoxy) is 2. The van der Waals surface area contributed by atoms with Crippen LogP contribution in [0.2, 0.25) is 4.34 Å². The molecule has 0 radical (unpaired) electrons. The molecule has 0 saturated carbocycles. The highest BCUT2D eigenvalue weighted by Crippen LogP contribution is 2.37. The monoisotopic (exact) mass is 375 g/mol. The summed E-state index contributed by atoms with van der Waals surface area (Å²) in [6, 6.07) is 5.32. The van der Waals surface area contributed by atoms with E-state index in [2.05, 4.69) is 4.72 Å². The predicted octanol–water partition coefficient (Wildman–Crippen LogP) is 2.67. The molecule has 1 aromatic heterocycles. The molecule has 0 amide bonds. The minimum atomic E-state index is -3.95. The standard InChI is InChI=1S/C13H10ClNO6S2/c14-11-1-2-12(22-11)23(18,19)15-8-6-10-9(20-3-4-21-10)5-7(8)13(16)17/h1-2,5-6,15H,3-4H2,(H,16,17). The molecule has 2 N–H and O–H groups in total. The Kier molecular flexibility index (Phi) is 4.09. The largest absolute Gasteiger partial charge is 0.486 e. The molecule has 0 bridgehead atoms. The fraction of sp³-hybridized carbons (Fsp3) is 0.154. The molecule has 3 rings (SSSR count). The summed E-state index contributed by atoms with van der Waals surface area (Å²) in [5.74, 6) is -0.747.